The van der Waals surface area contributed by atoms with E-state index in [-0.39, 0.29) is 4.90 Å². The molecule has 2 aromatic rings. The van der Waals surface area contributed by atoms with Crippen molar-refractivity contribution in [3.8, 4) is 0 Å². The van der Waals surface area contributed by atoms with Crippen molar-refractivity contribution in [3.05, 3.63) is 41.0 Å². The monoisotopic (exact) mass is 362 g/mol. The third-order valence-corrected chi connectivity index (χ3v) is 4.03. The predicted molar refractivity (Wildman–Crippen MR) is 72.9 cm³/mol. The molecule has 0 atom stereocenters. The maximum atomic E-state index is 11.4. The second-order valence-corrected chi connectivity index (χ2v) is 6.47. The van der Waals surface area contributed by atoms with Crippen LogP contribution in [0.15, 0.2) is 44.4 Å². The Balaban J connectivity index is 0.000000276. The second-order valence-electron chi connectivity index (χ2n) is 3.57. The lowest BCUT2D eigenvalue weighted by atomic mass is 10.4. The van der Waals surface area contributed by atoms with E-state index in [2.05, 4.69) is 30.5 Å². The van der Waals surface area contributed by atoms with Gasteiger partial charge in [-0.1, -0.05) is 22.0 Å². The van der Waals surface area contributed by atoms with E-state index in [1.54, 1.807) is 19.1 Å². The third kappa shape index (κ3) is 5.49. The smallest absolute Gasteiger partial charge is 0.319 e. The van der Waals surface area contributed by atoms with E-state index in [1.807, 2.05) is 0 Å². The van der Waals surface area contributed by atoms with Crippen LogP contribution in [0.5, 0.6) is 0 Å². The van der Waals surface area contributed by atoms with E-state index in [0.29, 0.717) is 10.4 Å². The SMILES string of the molecule is Cc1nnco1.O=C(O)CS(=O)(=O)c1cccc(Br)c1. The molecular formula is C11H11BrN2O5S. The minimum absolute atomic E-state index is 0.00859. The average Bonchev–Trinajstić information content (AvgIpc) is 2.79. The van der Waals surface area contributed by atoms with Crippen LogP contribution in [0.4, 0.5) is 0 Å². The molecule has 0 spiro atoms. The fourth-order valence-corrected chi connectivity index (χ4v) is 2.77. The van der Waals surface area contributed by atoms with Gasteiger partial charge < -0.3 is 9.52 Å². The number of nitrogens with zero attached hydrogens (tertiary/aromatic N) is 2. The van der Waals surface area contributed by atoms with Crippen LogP contribution in [0.1, 0.15) is 5.89 Å². The molecular weight excluding hydrogens is 352 g/mol. The van der Waals surface area contributed by atoms with E-state index in [1.165, 1.54) is 18.5 Å². The lowest BCUT2D eigenvalue weighted by Crippen LogP contribution is -2.15. The van der Waals surface area contributed by atoms with Gasteiger partial charge in [0.2, 0.25) is 12.3 Å². The van der Waals surface area contributed by atoms with Gasteiger partial charge in [0.1, 0.15) is 0 Å². The van der Waals surface area contributed by atoms with Crippen LogP contribution < -0.4 is 0 Å². The highest BCUT2D eigenvalue weighted by Gasteiger charge is 2.18. The summed E-state index contributed by atoms with van der Waals surface area (Å²) in [5.74, 6) is -1.64. The molecule has 0 fully saturated rings. The molecule has 0 unspecified atom stereocenters. The van der Waals surface area contributed by atoms with Crippen molar-refractivity contribution < 1.29 is 22.7 Å². The van der Waals surface area contributed by atoms with E-state index in [9.17, 15) is 13.2 Å². The Labute approximate surface area is 123 Å². The zero-order chi connectivity index (χ0) is 15.2. The average molecular weight is 363 g/mol. The number of rotatable bonds is 3. The summed E-state index contributed by atoms with van der Waals surface area (Å²) in [5, 5.41) is 15.3. The van der Waals surface area contributed by atoms with Crippen molar-refractivity contribution in [2.45, 2.75) is 11.8 Å². The summed E-state index contributed by atoms with van der Waals surface area (Å²) < 4.78 is 28.0. The minimum atomic E-state index is -3.71. The maximum Gasteiger partial charge on any atom is 0.319 e. The molecule has 0 aliphatic heterocycles. The quantitative estimate of drug-likeness (QED) is 0.883. The normalized spacial score (nSPS) is 10.5. The Morgan fingerprint density at radius 2 is 2.15 bits per heavy atom. The summed E-state index contributed by atoms with van der Waals surface area (Å²) in [6, 6.07) is 5.94. The van der Waals surface area contributed by atoms with Gasteiger partial charge in [0.15, 0.2) is 15.6 Å². The van der Waals surface area contributed by atoms with Crippen LogP contribution in [0, 0.1) is 6.92 Å². The van der Waals surface area contributed by atoms with Crippen LogP contribution in [0.2, 0.25) is 0 Å². The van der Waals surface area contributed by atoms with Gasteiger partial charge in [-0.2, -0.15) is 0 Å². The Bertz CT molecular complexity index is 670. The van der Waals surface area contributed by atoms with Gasteiger partial charge in [0.25, 0.3) is 0 Å². The minimum Gasteiger partial charge on any atom is -0.480 e. The molecule has 1 aromatic carbocycles. The predicted octanol–water partition coefficient (Wildman–Crippen LogP) is 1.69. The molecule has 0 saturated carbocycles. The number of carboxylic acid groups (broad SMARTS) is 1. The van der Waals surface area contributed by atoms with Crippen molar-refractivity contribution in [3.63, 3.8) is 0 Å². The summed E-state index contributed by atoms with van der Waals surface area (Å²) in [7, 11) is -3.71. The molecule has 1 N–H and O–H groups in total. The number of hydrogen-bond donors (Lipinski definition) is 1. The van der Waals surface area contributed by atoms with Crippen molar-refractivity contribution in [1.29, 1.82) is 0 Å². The molecule has 0 radical (unpaired) electrons. The van der Waals surface area contributed by atoms with Crippen molar-refractivity contribution in [1.82, 2.24) is 10.2 Å². The molecule has 7 nitrogen and oxygen atoms in total. The van der Waals surface area contributed by atoms with E-state index >= 15 is 0 Å². The summed E-state index contributed by atoms with van der Waals surface area (Å²) in [6.07, 6.45) is 1.30. The lowest BCUT2D eigenvalue weighted by Gasteiger charge is -2.01. The van der Waals surface area contributed by atoms with Crippen molar-refractivity contribution in [2.24, 2.45) is 0 Å². The van der Waals surface area contributed by atoms with Crippen molar-refractivity contribution in [2.75, 3.05) is 5.75 Å². The van der Waals surface area contributed by atoms with Crippen molar-refractivity contribution >= 4 is 31.7 Å². The molecule has 2 rings (SSSR count). The first kappa shape index (κ1) is 16.3. The van der Waals surface area contributed by atoms with Gasteiger partial charge in [-0.05, 0) is 18.2 Å². The lowest BCUT2D eigenvalue weighted by molar-refractivity contribution is -0.134. The van der Waals surface area contributed by atoms with E-state index < -0.39 is 21.6 Å². The number of benzene rings is 1. The number of aromatic nitrogens is 2. The third-order valence-electron chi connectivity index (χ3n) is 1.94. The number of aliphatic carboxylic acids is 1. The first-order chi connectivity index (χ1) is 9.31. The molecule has 0 saturated heterocycles. The summed E-state index contributed by atoms with van der Waals surface area (Å²) in [6.45, 7) is 1.74. The summed E-state index contributed by atoms with van der Waals surface area (Å²) >= 11 is 3.11. The number of hydrogen-bond acceptors (Lipinski definition) is 6. The Kier molecular flexibility index (Phi) is 5.83. The maximum absolute atomic E-state index is 11.4. The first-order valence-electron chi connectivity index (χ1n) is 5.24. The molecule has 0 aliphatic carbocycles. The molecule has 0 bridgehead atoms. The highest BCUT2D eigenvalue weighted by Crippen LogP contribution is 2.17. The molecule has 20 heavy (non-hydrogen) atoms. The Morgan fingerprint density at radius 1 is 1.45 bits per heavy atom. The largest absolute Gasteiger partial charge is 0.480 e. The van der Waals surface area contributed by atoms with Gasteiger partial charge in [0.05, 0.1) is 4.90 Å². The highest BCUT2D eigenvalue weighted by atomic mass is 79.9. The van der Waals surface area contributed by atoms with Gasteiger partial charge >= 0.3 is 5.97 Å². The standard InChI is InChI=1S/C8H7BrO4S.C3H4N2O/c9-6-2-1-3-7(4-6)14(12,13)5-8(10)11;1-3-5-4-2-6-3/h1-4H,5H2,(H,10,11);2H,1H3. The first-order valence-corrected chi connectivity index (χ1v) is 7.68. The van der Waals surface area contributed by atoms with Gasteiger partial charge in [0, 0.05) is 11.4 Å². The highest BCUT2D eigenvalue weighted by molar-refractivity contribution is 9.10. The number of aryl methyl sites for hydroxylation is 1. The van der Waals surface area contributed by atoms with Gasteiger partial charge in [-0.15, -0.1) is 10.2 Å². The second kappa shape index (κ2) is 7.15. The van der Waals surface area contributed by atoms with Crippen LogP contribution >= 0.6 is 15.9 Å². The molecule has 0 amide bonds. The summed E-state index contributed by atoms with van der Waals surface area (Å²) in [4.78, 5) is 10.3. The number of carboxylic acids is 1. The summed E-state index contributed by atoms with van der Waals surface area (Å²) in [5.41, 5.74) is 0. The van der Waals surface area contributed by atoms with Crippen LogP contribution in [0.3, 0.4) is 0 Å². The number of halogens is 1. The molecule has 0 aliphatic rings. The zero-order valence-corrected chi connectivity index (χ0v) is 12.8. The van der Waals surface area contributed by atoms with Gasteiger partial charge in [-0.25, -0.2) is 8.42 Å². The topological polar surface area (TPSA) is 110 Å². The fraction of sp³-hybridized carbons (Fsp3) is 0.182. The van der Waals surface area contributed by atoms with Crippen LogP contribution in [0.25, 0.3) is 0 Å². The van der Waals surface area contributed by atoms with E-state index in [4.69, 9.17) is 5.11 Å². The molecule has 9 heteroatoms. The number of carbonyl (C=O) groups is 1. The number of sulfone groups is 1. The van der Waals surface area contributed by atoms with Crippen LogP contribution in [-0.2, 0) is 14.6 Å². The van der Waals surface area contributed by atoms with Gasteiger partial charge in [-0.3, -0.25) is 4.79 Å². The molecule has 1 aromatic heterocycles. The Morgan fingerprint density at radius 3 is 2.55 bits per heavy atom. The molecule has 1 heterocycles. The zero-order valence-electron chi connectivity index (χ0n) is 10.4. The fourth-order valence-electron chi connectivity index (χ4n) is 1.13. The van der Waals surface area contributed by atoms with E-state index in [0.717, 1.165) is 0 Å². The molecule has 108 valence electrons. The Hall–Kier alpha value is -1.74. The van der Waals surface area contributed by atoms with Crippen LogP contribution in [-0.4, -0.2) is 35.4 Å².